The van der Waals surface area contributed by atoms with Gasteiger partial charge in [-0.3, -0.25) is 9.47 Å². The molecule has 0 atom stereocenters. The molecule has 0 aliphatic carbocycles. The molecule has 3 aromatic rings. The third-order valence-corrected chi connectivity index (χ3v) is 5.70. The van der Waals surface area contributed by atoms with Gasteiger partial charge >= 0.3 is 6.03 Å². The highest BCUT2D eigenvalue weighted by molar-refractivity contribution is 5.78. The summed E-state index contributed by atoms with van der Waals surface area (Å²) in [5.74, 6) is -1.12. The lowest BCUT2D eigenvalue weighted by Crippen LogP contribution is -2.46. The van der Waals surface area contributed by atoms with Crippen LogP contribution in [0.2, 0.25) is 0 Å². The van der Waals surface area contributed by atoms with E-state index in [0.717, 1.165) is 32.5 Å². The molecule has 1 N–H and O–H groups in total. The molecule has 7 heteroatoms. The summed E-state index contributed by atoms with van der Waals surface area (Å²) in [7, 11) is 1.82. The molecule has 0 saturated carbocycles. The van der Waals surface area contributed by atoms with E-state index in [2.05, 4.69) is 34.1 Å². The van der Waals surface area contributed by atoms with Crippen LogP contribution in [0.1, 0.15) is 18.4 Å². The predicted octanol–water partition coefficient (Wildman–Crippen LogP) is 3.96. The summed E-state index contributed by atoms with van der Waals surface area (Å²) >= 11 is 0. The second-order valence-corrected chi connectivity index (χ2v) is 7.72. The van der Waals surface area contributed by atoms with Crippen LogP contribution >= 0.6 is 0 Å². The van der Waals surface area contributed by atoms with Crippen LogP contribution < -0.4 is 0 Å². The van der Waals surface area contributed by atoms with E-state index in [9.17, 15) is 14.3 Å². The number of benzene rings is 2. The van der Waals surface area contributed by atoms with Gasteiger partial charge in [0, 0.05) is 44.5 Å². The number of aromatic nitrogens is 2. The van der Waals surface area contributed by atoms with E-state index < -0.39 is 11.6 Å². The number of halogens is 1. The zero-order chi connectivity index (χ0) is 21.1. The minimum absolute atomic E-state index is 0.158. The van der Waals surface area contributed by atoms with Crippen LogP contribution in [0.15, 0.2) is 61.1 Å². The molecule has 2 heterocycles. The number of carbonyl (C=O) groups is 1. The Morgan fingerprint density at radius 3 is 2.63 bits per heavy atom. The van der Waals surface area contributed by atoms with Crippen LogP contribution in [0.25, 0.3) is 11.3 Å². The Hall–Kier alpha value is -3.19. The van der Waals surface area contributed by atoms with Gasteiger partial charge in [0.05, 0.1) is 5.69 Å². The SMILES string of the molecule is CN(C(=O)n1cnc(-c2ccc(O)c(F)c2)c1)C1CCN(Cc2ccccc2)CC1. The minimum atomic E-state index is -0.715. The molecule has 6 nitrogen and oxygen atoms in total. The molecular formula is C23H25FN4O2. The number of nitrogens with zero attached hydrogens (tertiary/aromatic N) is 4. The summed E-state index contributed by atoms with van der Waals surface area (Å²) in [4.78, 5) is 21.3. The number of hydrogen-bond acceptors (Lipinski definition) is 4. The Bertz CT molecular complexity index is 1010. The number of imidazole rings is 1. The molecule has 4 rings (SSSR count). The molecule has 30 heavy (non-hydrogen) atoms. The summed E-state index contributed by atoms with van der Waals surface area (Å²) in [6.07, 6.45) is 4.87. The van der Waals surface area contributed by atoms with Gasteiger partial charge in [-0.05, 0) is 36.6 Å². The van der Waals surface area contributed by atoms with Crippen molar-refractivity contribution >= 4 is 6.03 Å². The first-order valence-corrected chi connectivity index (χ1v) is 10.1. The summed E-state index contributed by atoms with van der Waals surface area (Å²) in [6.45, 7) is 2.82. The molecule has 1 fully saturated rings. The Labute approximate surface area is 175 Å². The van der Waals surface area contributed by atoms with Crippen molar-refractivity contribution in [1.82, 2.24) is 19.4 Å². The first-order chi connectivity index (χ1) is 14.5. The highest BCUT2D eigenvalue weighted by atomic mass is 19.1. The molecule has 1 aliphatic heterocycles. The topological polar surface area (TPSA) is 61.6 Å². The molecule has 1 amide bonds. The van der Waals surface area contributed by atoms with Gasteiger partial charge in [-0.15, -0.1) is 0 Å². The quantitative estimate of drug-likeness (QED) is 0.710. The fourth-order valence-corrected chi connectivity index (χ4v) is 3.89. The molecule has 0 radical (unpaired) electrons. The molecule has 2 aromatic carbocycles. The zero-order valence-electron chi connectivity index (χ0n) is 16.9. The summed E-state index contributed by atoms with van der Waals surface area (Å²) in [5.41, 5.74) is 2.29. The molecule has 156 valence electrons. The van der Waals surface area contributed by atoms with Crippen molar-refractivity contribution in [2.24, 2.45) is 0 Å². The van der Waals surface area contributed by atoms with Gasteiger partial charge in [-0.25, -0.2) is 14.2 Å². The summed E-state index contributed by atoms with van der Waals surface area (Å²) in [5, 5.41) is 9.34. The van der Waals surface area contributed by atoms with Crippen molar-refractivity contribution in [3.8, 4) is 17.0 Å². The smallest absolute Gasteiger partial charge is 0.329 e. The van der Waals surface area contributed by atoms with E-state index in [4.69, 9.17) is 0 Å². The second-order valence-electron chi connectivity index (χ2n) is 7.72. The van der Waals surface area contributed by atoms with Crippen LogP contribution in [0.5, 0.6) is 5.75 Å². The zero-order valence-corrected chi connectivity index (χ0v) is 16.9. The fourth-order valence-electron chi connectivity index (χ4n) is 3.89. The van der Waals surface area contributed by atoms with E-state index in [1.54, 1.807) is 17.2 Å². The molecule has 1 aromatic heterocycles. The van der Waals surface area contributed by atoms with Crippen LogP contribution in [0.3, 0.4) is 0 Å². The van der Waals surface area contributed by atoms with E-state index in [-0.39, 0.29) is 12.1 Å². The third kappa shape index (κ3) is 4.36. The van der Waals surface area contributed by atoms with Gasteiger partial charge in [0.15, 0.2) is 11.6 Å². The van der Waals surface area contributed by atoms with E-state index in [0.29, 0.717) is 11.3 Å². The van der Waals surface area contributed by atoms with E-state index in [1.807, 2.05) is 13.1 Å². The number of likely N-dealkylation sites (tertiary alicyclic amines) is 1. The van der Waals surface area contributed by atoms with Crippen LogP contribution in [-0.2, 0) is 6.54 Å². The van der Waals surface area contributed by atoms with Crippen molar-refractivity contribution < 1.29 is 14.3 Å². The van der Waals surface area contributed by atoms with Gasteiger partial charge in [-0.2, -0.15) is 0 Å². The number of aromatic hydroxyl groups is 1. The van der Waals surface area contributed by atoms with Gasteiger partial charge in [0.1, 0.15) is 6.33 Å². The highest BCUT2D eigenvalue weighted by Gasteiger charge is 2.26. The maximum absolute atomic E-state index is 13.6. The molecular weight excluding hydrogens is 383 g/mol. The van der Waals surface area contributed by atoms with Gasteiger partial charge in [0.25, 0.3) is 0 Å². The standard InChI is InChI=1S/C23H25FN4O2/c1-26(19-9-11-27(12-10-19)14-17-5-3-2-4-6-17)23(30)28-15-21(25-16-28)18-7-8-22(29)20(24)13-18/h2-8,13,15-16,19,29H,9-12,14H2,1H3. The van der Waals surface area contributed by atoms with Crippen LogP contribution in [0.4, 0.5) is 9.18 Å². The largest absolute Gasteiger partial charge is 0.505 e. The normalized spacial score (nSPS) is 15.3. The molecule has 0 spiro atoms. The first-order valence-electron chi connectivity index (χ1n) is 10.1. The van der Waals surface area contributed by atoms with Crippen LogP contribution in [0, 0.1) is 5.82 Å². The van der Waals surface area contributed by atoms with Gasteiger partial charge in [0.2, 0.25) is 0 Å². The Balaban J connectivity index is 1.36. The molecule has 1 aliphatic rings. The Kier molecular flexibility index (Phi) is 5.81. The molecule has 0 bridgehead atoms. The van der Waals surface area contributed by atoms with Crippen molar-refractivity contribution in [1.29, 1.82) is 0 Å². The van der Waals surface area contributed by atoms with Crippen molar-refractivity contribution in [2.45, 2.75) is 25.4 Å². The summed E-state index contributed by atoms with van der Waals surface area (Å²) in [6, 6.07) is 14.5. The monoisotopic (exact) mass is 408 g/mol. The lowest BCUT2D eigenvalue weighted by molar-refractivity contribution is 0.132. The number of rotatable bonds is 4. The molecule has 0 unspecified atom stereocenters. The lowest BCUT2D eigenvalue weighted by Gasteiger charge is -2.36. The maximum Gasteiger partial charge on any atom is 0.329 e. The number of carbonyl (C=O) groups excluding carboxylic acids is 1. The van der Waals surface area contributed by atoms with Gasteiger partial charge < -0.3 is 10.0 Å². The number of phenols is 1. The predicted molar refractivity (Wildman–Crippen MR) is 113 cm³/mol. The fraction of sp³-hybridized carbons (Fsp3) is 0.304. The van der Waals surface area contributed by atoms with Gasteiger partial charge in [-0.1, -0.05) is 30.3 Å². The van der Waals surface area contributed by atoms with Crippen molar-refractivity contribution in [3.63, 3.8) is 0 Å². The summed E-state index contributed by atoms with van der Waals surface area (Å²) < 4.78 is 15.0. The van der Waals surface area contributed by atoms with Crippen LogP contribution in [-0.4, -0.2) is 56.7 Å². The Morgan fingerprint density at radius 2 is 1.93 bits per heavy atom. The second kappa shape index (κ2) is 8.67. The number of phenolic OH excluding ortho intramolecular Hbond substituents is 1. The maximum atomic E-state index is 13.6. The number of amides is 1. The van der Waals surface area contributed by atoms with E-state index in [1.165, 1.54) is 28.6 Å². The minimum Gasteiger partial charge on any atom is -0.505 e. The first kappa shape index (κ1) is 20.1. The molecule has 1 saturated heterocycles. The van der Waals surface area contributed by atoms with Crippen molar-refractivity contribution in [2.75, 3.05) is 20.1 Å². The average Bonchev–Trinajstić information content (AvgIpc) is 3.26. The number of hydrogen-bond donors (Lipinski definition) is 1. The number of piperidine rings is 1. The Morgan fingerprint density at radius 1 is 1.20 bits per heavy atom. The van der Waals surface area contributed by atoms with E-state index >= 15 is 0 Å². The van der Waals surface area contributed by atoms with Crippen molar-refractivity contribution in [3.05, 3.63) is 72.4 Å². The third-order valence-electron chi connectivity index (χ3n) is 5.70. The highest BCUT2D eigenvalue weighted by Crippen LogP contribution is 2.24. The average molecular weight is 408 g/mol. The lowest BCUT2D eigenvalue weighted by atomic mass is 10.0.